The van der Waals surface area contributed by atoms with Crippen molar-refractivity contribution in [1.29, 1.82) is 0 Å². The van der Waals surface area contributed by atoms with E-state index >= 15 is 0 Å². The summed E-state index contributed by atoms with van der Waals surface area (Å²) >= 11 is 2.94. The number of hydrazone groups is 1. The van der Waals surface area contributed by atoms with E-state index in [0.29, 0.717) is 5.76 Å². The third-order valence-corrected chi connectivity index (χ3v) is 2.69. The van der Waals surface area contributed by atoms with Crippen LogP contribution in [0.3, 0.4) is 0 Å². The molecule has 21 heavy (non-hydrogen) atoms. The summed E-state index contributed by atoms with van der Waals surface area (Å²) in [6.07, 6.45) is 2.73. The van der Waals surface area contributed by atoms with Crippen LogP contribution in [-0.4, -0.2) is 18.7 Å². The highest BCUT2D eigenvalue weighted by Crippen LogP contribution is 2.25. The highest BCUT2D eigenvalue weighted by atomic mass is 79.9. The third kappa shape index (κ3) is 4.38. The number of ether oxygens (including phenoxy) is 1. The predicted molar refractivity (Wildman–Crippen MR) is 74.0 cm³/mol. The maximum atomic E-state index is 13.4. The van der Waals surface area contributed by atoms with Crippen molar-refractivity contribution in [2.45, 2.75) is 0 Å². The summed E-state index contributed by atoms with van der Waals surface area (Å²) in [5.41, 5.74) is 2.13. The van der Waals surface area contributed by atoms with Gasteiger partial charge in [0.1, 0.15) is 5.76 Å². The lowest BCUT2D eigenvalue weighted by Gasteiger charge is -2.07. The van der Waals surface area contributed by atoms with Crippen LogP contribution in [0.25, 0.3) is 0 Å². The quantitative estimate of drug-likeness (QED) is 0.660. The van der Waals surface area contributed by atoms with Gasteiger partial charge in [-0.2, -0.15) is 5.10 Å². The lowest BCUT2D eigenvalue weighted by Crippen LogP contribution is -2.25. The van der Waals surface area contributed by atoms with Crippen LogP contribution in [-0.2, 0) is 4.79 Å². The van der Waals surface area contributed by atoms with E-state index in [1.807, 2.05) is 0 Å². The fourth-order valence-corrected chi connectivity index (χ4v) is 1.77. The average molecular weight is 359 g/mol. The van der Waals surface area contributed by atoms with Crippen LogP contribution in [0, 0.1) is 11.6 Å². The molecular formula is C13H9BrF2N2O3. The second kappa shape index (κ2) is 6.98. The minimum atomic E-state index is -0.909. The fraction of sp³-hybridized carbons (Fsp3) is 0.0769. The summed E-state index contributed by atoms with van der Waals surface area (Å²) in [5.74, 6) is -2.66. The minimum absolute atomic E-state index is 0.234. The van der Waals surface area contributed by atoms with E-state index in [1.54, 1.807) is 12.1 Å². The summed E-state index contributed by atoms with van der Waals surface area (Å²) in [6, 6.07) is 5.36. The van der Waals surface area contributed by atoms with Crippen molar-refractivity contribution < 1.29 is 22.7 Å². The van der Waals surface area contributed by atoms with Gasteiger partial charge in [-0.15, -0.1) is 0 Å². The molecule has 0 atom stereocenters. The topological polar surface area (TPSA) is 63.8 Å². The maximum Gasteiger partial charge on any atom is 0.277 e. The van der Waals surface area contributed by atoms with Crippen molar-refractivity contribution >= 4 is 28.1 Å². The Morgan fingerprint density at radius 2 is 2.14 bits per heavy atom. The molecule has 0 aliphatic carbocycles. The van der Waals surface area contributed by atoms with Gasteiger partial charge in [-0.3, -0.25) is 4.79 Å². The first-order chi connectivity index (χ1) is 10.1. The molecule has 1 amide bonds. The molecule has 0 fully saturated rings. The van der Waals surface area contributed by atoms with E-state index in [9.17, 15) is 13.6 Å². The molecule has 0 unspecified atom stereocenters. The second-order valence-corrected chi connectivity index (χ2v) is 4.71. The molecule has 1 aromatic heterocycles. The Bertz CT molecular complexity index is 636. The van der Waals surface area contributed by atoms with Gasteiger partial charge in [0, 0.05) is 4.47 Å². The highest BCUT2D eigenvalue weighted by Gasteiger charge is 2.13. The molecule has 0 aliphatic heterocycles. The van der Waals surface area contributed by atoms with Crippen LogP contribution in [0.4, 0.5) is 8.78 Å². The Balaban J connectivity index is 1.87. The molecule has 8 heteroatoms. The minimum Gasteiger partial charge on any atom is -0.478 e. The van der Waals surface area contributed by atoms with Gasteiger partial charge in [-0.25, -0.2) is 14.2 Å². The lowest BCUT2D eigenvalue weighted by molar-refractivity contribution is -0.123. The number of rotatable bonds is 5. The van der Waals surface area contributed by atoms with Gasteiger partial charge in [0.2, 0.25) is 0 Å². The van der Waals surface area contributed by atoms with Crippen LogP contribution in [0.1, 0.15) is 5.76 Å². The summed E-state index contributed by atoms with van der Waals surface area (Å²) < 4.78 is 36.8. The number of carbonyl (C=O) groups excluding carboxylic acids is 1. The van der Waals surface area contributed by atoms with Crippen LogP contribution < -0.4 is 10.2 Å². The van der Waals surface area contributed by atoms with Gasteiger partial charge in [0.25, 0.3) is 5.91 Å². The van der Waals surface area contributed by atoms with Gasteiger partial charge in [-0.1, -0.05) is 15.9 Å². The summed E-state index contributed by atoms with van der Waals surface area (Å²) in [5, 5.41) is 3.59. The molecule has 1 heterocycles. The summed E-state index contributed by atoms with van der Waals surface area (Å²) in [7, 11) is 0. The van der Waals surface area contributed by atoms with E-state index in [1.165, 1.54) is 12.5 Å². The normalized spacial score (nSPS) is 10.8. The second-order valence-electron chi connectivity index (χ2n) is 3.80. The predicted octanol–water partition coefficient (Wildman–Crippen LogP) is 2.85. The third-order valence-electron chi connectivity index (χ3n) is 2.23. The number of hydrogen-bond donors (Lipinski definition) is 1. The Morgan fingerprint density at radius 1 is 1.43 bits per heavy atom. The van der Waals surface area contributed by atoms with Crippen LogP contribution in [0.5, 0.6) is 5.75 Å². The number of benzene rings is 1. The molecule has 0 bridgehead atoms. The molecular weight excluding hydrogens is 350 g/mol. The van der Waals surface area contributed by atoms with Crippen molar-refractivity contribution in [2.24, 2.45) is 5.10 Å². The monoisotopic (exact) mass is 358 g/mol. The molecule has 0 spiro atoms. The van der Waals surface area contributed by atoms with Gasteiger partial charge < -0.3 is 9.15 Å². The van der Waals surface area contributed by atoms with E-state index in [2.05, 4.69) is 26.5 Å². The van der Waals surface area contributed by atoms with E-state index in [4.69, 9.17) is 9.15 Å². The molecule has 110 valence electrons. The maximum absolute atomic E-state index is 13.4. The van der Waals surface area contributed by atoms with Gasteiger partial charge in [0.15, 0.2) is 24.0 Å². The van der Waals surface area contributed by atoms with Crippen LogP contribution in [0.15, 0.2) is 44.5 Å². The first kappa shape index (κ1) is 15.2. The van der Waals surface area contributed by atoms with Crippen molar-refractivity contribution in [3.63, 3.8) is 0 Å². The summed E-state index contributed by atoms with van der Waals surface area (Å²) in [4.78, 5) is 11.4. The summed E-state index contributed by atoms with van der Waals surface area (Å²) in [6.45, 7) is -0.578. The van der Waals surface area contributed by atoms with Gasteiger partial charge in [-0.05, 0) is 24.3 Å². The number of nitrogens with one attached hydrogen (secondary N) is 1. The number of amides is 1. The van der Waals surface area contributed by atoms with Crippen molar-refractivity contribution in [1.82, 2.24) is 5.43 Å². The van der Waals surface area contributed by atoms with Crippen molar-refractivity contribution in [3.05, 3.63) is 52.4 Å². The number of nitrogens with zero attached hydrogens (tertiary/aromatic N) is 1. The molecule has 0 radical (unpaired) electrons. The molecule has 0 saturated carbocycles. The lowest BCUT2D eigenvalue weighted by atomic mass is 10.3. The molecule has 5 nitrogen and oxygen atoms in total. The Hall–Kier alpha value is -2.22. The SMILES string of the molecule is O=C(COc1c(F)cc(Br)cc1F)N/N=C/c1ccco1. The number of hydrogen-bond acceptors (Lipinski definition) is 4. The number of furan rings is 1. The van der Waals surface area contributed by atoms with Crippen molar-refractivity contribution in [3.8, 4) is 5.75 Å². The van der Waals surface area contributed by atoms with Gasteiger partial charge in [0.05, 0.1) is 12.5 Å². The van der Waals surface area contributed by atoms with Crippen LogP contribution in [0.2, 0.25) is 0 Å². The van der Waals surface area contributed by atoms with Gasteiger partial charge >= 0.3 is 0 Å². The molecule has 1 N–H and O–H groups in total. The first-order valence-corrected chi connectivity index (χ1v) is 6.48. The Morgan fingerprint density at radius 3 is 2.76 bits per heavy atom. The fourth-order valence-electron chi connectivity index (χ4n) is 1.37. The van der Waals surface area contributed by atoms with Crippen LogP contribution >= 0.6 is 15.9 Å². The molecule has 2 rings (SSSR count). The highest BCUT2D eigenvalue weighted by molar-refractivity contribution is 9.10. The molecule has 1 aromatic carbocycles. The molecule has 0 aliphatic rings. The first-order valence-electron chi connectivity index (χ1n) is 5.69. The molecule has 0 saturated heterocycles. The van der Waals surface area contributed by atoms with E-state index in [-0.39, 0.29) is 4.47 Å². The largest absolute Gasteiger partial charge is 0.478 e. The average Bonchev–Trinajstić information content (AvgIpc) is 2.90. The van der Waals surface area contributed by atoms with E-state index in [0.717, 1.165) is 12.1 Å². The zero-order valence-corrected chi connectivity index (χ0v) is 12.1. The zero-order valence-electron chi connectivity index (χ0n) is 10.5. The van der Waals surface area contributed by atoms with E-state index < -0.39 is 29.9 Å². The number of carbonyl (C=O) groups is 1. The smallest absolute Gasteiger partial charge is 0.277 e. The zero-order chi connectivity index (χ0) is 15.2. The Labute approximate surface area is 126 Å². The Kier molecular flexibility index (Phi) is 5.04. The molecule has 2 aromatic rings. The van der Waals surface area contributed by atoms with Crippen molar-refractivity contribution in [2.75, 3.05) is 6.61 Å². The number of halogens is 3. The standard InChI is InChI=1S/C13H9BrF2N2O3/c14-8-4-10(15)13(11(16)5-8)21-7-12(19)18-17-6-9-2-1-3-20-9/h1-6H,7H2,(H,18,19)/b17-6+.